The molecule has 1 amide bonds. The van der Waals surface area contributed by atoms with Gasteiger partial charge in [0.05, 0.1) is 24.9 Å². The van der Waals surface area contributed by atoms with Gasteiger partial charge in [0.2, 0.25) is 5.91 Å². The molecule has 34 heavy (non-hydrogen) atoms. The molecular formula is C25H37F3N4O2. The molecule has 0 radical (unpaired) electrons. The van der Waals surface area contributed by atoms with Gasteiger partial charge in [0.1, 0.15) is 0 Å². The molecule has 0 aromatic heterocycles. The zero-order chi connectivity index (χ0) is 24.6. The van der Waals surface area contributed by atoms with E-state index in [9.17, 15) is 18.0 Å². The summed E-state index contributed by atoms with van der Waals surface area (Å²) in [6, 6.07) is 2.32. The number of allylic oxidation sites excluding steroid dienone is 3. The average Bonchev–Trinajstić information content (AvgIpc) is 2.83. The summed E-state index contributed by atoms with van der Waals surface area (Å²) in [6.45, 7) is 4.13. The number of nitriles is 1. The van der Waals surface area contributed by atoms with Gasteiger partial charge < -0.3 is 15.0 Å². The number of methoxy groups -OCH3 is 1. The van der Waals surface area contributed by atoms with Crippen LogP contribution in [0.5, 0.6) is 0 Å². The highest BCUT2D eigenvalue weighted by atomic mass is 19.4. The molecule has 0 spiro atoms. The van der Waals surface area contributed by atoms with Crippen LogP contribution in [-0.2, 0) is 9.53 Å². The summed E-state index contributed by atoms with van der Waals surface area (Å²) < 4.78 is 45.0. The lowest BCUT2D eigenvalue weighted by atomic mass is 9.84. The van der Waals surface area contributed by atoms with Crippen LogP contribution in [0.25, 0.3) is 0 Å². The van der Waals surface area contributed by atoms with E-state index in [-0.39, 0.29) is 18.4 Å². The molecule has 0 bridgehead atoms. The van der Waals surface area contributed by atoms with E-state index in [0.717, 1.165) is 51.7 Å². The maximum atomic E-state index is 13.3. The minimum Gasteiger partial charge on any atom is -0.501 e. The number of ether oxygens (including phenoxy) is 1. The molecule has 9 heteroatoms. The second-order valence-corrected chi connectivity index (χ2v) is 9.67. The Kier molecular flexibility index (Phi) is 9.69. The third-order valence-corrected chi connectivity index (χ3v) is 7.28. The van der Waals surface area contributed by atoms with Gasteiger partial charge in [-0.3, -0.25) is 9.69 Å². The maximum absolute atomic E-state index is 13.3. The molecule has 1 atom stereocenters. The Hall–Kier alpha value is -2.21. The van der Waals surface area contributed by atoms with Crippen LogP contribution in [-0.4, -0.2) is 67.8 Å². The molecule has 6 nitrogen and oxygen atoms in total. The highest BCUT2D eigenvalue weighted by Crippen LogP contribution is 2.37. The molecule has 2 aliphatic carbocycles. The number of piperazine rings is 1. The fourth-order valence-corrected chi connectivity index (χ4v) is 5.12. The van der Waals surface area contributed by atoms with Crippen molar-refractivity contribution in [3.63, 3.8) is 0 Å². The maximum Gasteiger partial charge on any atom is 0.395 e. The Bertz CT molecular complexity index is 774. The molecule has 1 N–H and O–H groups in total. The third kappa shape index (κ3) is 7.93. The summed E-state index contributed by atoms with van der Waals surface area (Å²) in [5.41, 5.74) is 0.623. The van der Waals surface area contributed by atoms with E-state index in [4.69, 9.17) is 10.00 Å². The van der Waals surface area contributed by atoms with E-state index < -0.39 is 12.1 Å². The first-order chi connectivity index (χ1) is 16.3. The van der Waals surface area contributed by atoms with Crippen molar-refractivity contribution >= 4 is 5.91 Å². The first-order valence-electron chi connectivity index (χ1n) is 12.4. The third-order valence-electron chi connectivity index (χ3n) is 7.28. The highest BCUT2D eigenvalue weighted by molar-refractivity contribution is 5.76. The SMILES string of the molecule is COC1=CC(N2CCN(CCC3CCC(NC(=O)CCCC#N)CC3)CC2)=CC(C(F)(F)F)C1. The molecule has 0 aromatic carbocycles. The summed E-state index contributed by atoms with van der Waals surface area (Å²) in [4.78, 5) is 16.4. The van der Waals surface area contributed by atoms with Crippen molar-refractivity contribution in [2.75, 3.05) is 39.8 Å². The zero-order valence-electron chi connectivity index (χ0n) is 20.1. The van der Waals surface area contributed by atoms with E-state index in [0.29, 0.717) is 49.7 Å². The Morgan fingerprint density at radius 3 is 2.53 bits per heavy atom. The topological polar surface area (TPSA) is 68.6 Å². The number of unbranched alkanes of at least 4 members (excludes halogenated alkanes) is 1. The smallest absolute Gasteiger partial charge is 0.395 e. The van der Waals surface area contributed by atoms with E-state index in [1.54, 1.807) is 6.08 Å². The fraction of sp³-hybridized carbons (Fsp3) is 0.760. The van der Waals surface area contributed by atoms with Gasteiger partial charge in [0, 0.05) is 57.2 Å². The Labute approximate surface area is 200 Å². The van der Waals surface area contributed by atoms with Crippen molar-refractivity contribution in [2.45, 2.75) is 70.0 Å². The number of hydrogen-bond donors (Lipinski definition) is 1. The number of alkyl halides is 3. The second kappa shape index (κ2) is 12.5. The molecular weight excluding hydrogens is 445 g/mol. The number of nitrogens with one attached hydrogen (secondary N) is 1. The van der Waals surface area contributed by atoms with Crippen molar-refractivity contribution in [3.05, 3.63) is 23.6 Å². The highest BCUT2D eigenvalue weighted by Gasteiger charge is 2.41. The van der Waals surface area contributed by atoms with Crippen LogP contribution < -0.4 is 5.32 Å². The molecule has 1 saturated heterocycles. The standard InChI is InChI=1S/C25H37F3N4O2/c1-34-23-17-20(25(26,27)28)16-22(18-23)32-14-12-31(13-15-32)11-9-19-5-7-21(8-6-19)30-24(33)4-2-3-10-29/h16,18-21H,2-9,11-15,17H2,1H3,(H,30,33). The molecule has 1 aliphatic heterocycles. The first kappa shape index (κ1) is 26.4. The van der Waals surface area contributed by atoms with Crippen molar-refractivity contribution in [1.82, 2.24) is 15.1 Å². The number of halogens is 3. The van der Waals surface area contributed by atoms with Crippen LogP contribution in [0.15, 0.2) is 23.6 Å². The van der Waals surface area contributed by atoms with Gasteiger partial charge in [-0.25, -0.2) is 0 Å². The lowest BCUT2D eigenvalue weighted by Crippen LogP contribution is -2.46. The van der Waals surface area contributed by atoms with Gasteiger partial charge in [-0.1, -0.05) is 0 Å². The molecule has 3 rings (SSSR count). The number of carbonyl (C=O) groups excluding carboxylic acids is 1. The largest absolute Gasteiger partial charge is 0.501 e. The Morgan fingerprint density at radius 2 is 1.91 bits per heavy atom. The summed E-state index contributed by atoms with van der Waals surface area (Å²) in [6.07, 6.45) is 5.53. The van der Waals surface area contributed by atoms with Crippen molar-refractivity contribution in [3.8, 4) is 6.07 Å². The molecule has 3 aliphatic rings. The van der Waals surface area contributed by atoms with E-state index in [1.165, 1.54) is 13.2 Å². The van der Waals surface area contributed by atoms with Crippen LogP contribution in [0.3, 0.4) is 0 Å². The second-order valence-electron chi connectivity index (χ2n) is 9.67. The van der Waals surface area contributed by atoms with E-state index in [2.05, 4.69) is 16.3 Å². The predicted octanol–water partition coefficient (Wildman–Crippen LogP) is 4.36. The monoisotopic (exact) mass is 482 g/mol. The van der Waals surface area contributed by atoms with Gasteiger partial charge >= 0.3 is 6.18 Å². The number of carbonyl (C=O) groups is 1. The zero-order valence-corrected chi connectivity index (χ0v) is 20.1. The predicted molar refractivity (Wildman–Crippen MR) is 123 cm³/mol. The average molecular weight is 483 g/mol. The van der Waals surface area contributed by atoms with Gasteiger partial charge in [0.25, 0.3) is 0 Å². The summed E-state index contributed by atoms with van der Waals surface area (Å²) in [7, 11) is 1.43. The lowest BCUT2D eigenvalue weighted by molar-refractivity contribution is -0.163. The number of rotatable bonds is 9. The van der Waals surface area contributed by atoms with Crippen molar-refractivity contribution in [1.29, 1.82) is 5.26 Å². The van der Waals surface area contributed by atoms with Gasteiger partial charge in [-0.15, -0.1) is 0 Å². The Balaban J connectivity index is 1.36. The Morgan fingerprint density at radius 1 is 1.21 bits per heavy atom. The van der Waals surface area contributed by atoms with Gasteiger partial charge in [-0.05, 0) is 63.1 Å². The van der Waals surface area contributed by atoms with Crippen LogP contribution in [0.1, 0.15) is 57.8 Å². The van der Waals surface area contributed by atoms with E-state index in [1.807, 2.05) is 4.90 Å². The van der Waals surface area contributed by atoms with Crippen molar-refractivity contribution in [2.24, 2.45) is 11.8 Å². The summed E-state index contributed by atoms with van der Waals surface area (Å²) >= 11 is 0. The molecule has 1 unspecified atom stereocenters. The quantitative estimate of drug-likeness (QED) is 0.495. The molecule has 1 heterocycles. The summed E-state index contributed by atoms with van der Waals surface area (Å²) in [5.74, 6) is -0.390. The molecule has 0 aromatic rings. The fourth-order valence-electron chi connectivity index (χ4n) is 5.12. The summed E-state index contributed by atoms with van der Waals surface area (Å²) in [5, 5.41) is 11.7. The number of amides is 1. The van der Waals surface area contributed by atoms with Gasteiger partial charge in [0.15, 0.2) is 0 Å². The number of hydrogen-bond acceptors (Lipinski definition) is 5. The molecule has 1 saturated carbocycles. The first-order valence-corrected chi connectivity index (χ1v) is 12.4. The number of nitrogens with zero attached hydrogens (tertiary/aromatic N) is 3. The van der Waals surface area contributed by atoms with Crippen molar-refractivity contribution < 1.29 is 22.7 Å². The van der Waals surface area contributed by atoms with Crippen LogP contribution in [0.4, 0.5) is 13.2 Å². The van der Waals surface area contributed by atoms with Crippen LogP contribution in [0, 0.1) is 23.2 Å². The molecule has 2 fully saturated rings. The minimum atomic E-state index is -4.26. The van der Waals surface area contributed by atoms with E-state index >= 15 is 0 Å². The lowest BCUT2D eigenvalue weighted by Gasteiger charge is -2.39. The normalized spacial score (nSPS) is 26.3. The van der Waals surface area contributed by atoms with Gasteiger partial charge in [-0.2, -0.15) is 18.4 Å². The molecule has 190 valence electrons. The van der Waals surface area contributed by atoms with Crippen LogP contribution >= 0.6 is 0 Å². The van der Waals surface area contributed by atoms with Crippen LogP contribution in [0.2, 0.25) is 0 Å². The minimum absolute atomic E-state index is 0.0543.